The van der Waals surface area contributed by atoms with Crippen LogP contribution in [-0.2, 0) is 22.7 Å². The molecular formula is C25H20N2O5. The summed E-state index contributed by atoms with van der Waals surface area (Å²) in [6, 6.07) is 22.3. The molecule has 3 aromatic carbocycles. The van der Waals surface area contributed by atoms with Gasteiger partial charge in [-0.15, -0.1) is 0 Å². The third kappa shape index (κ3) is 4.13. The number of carbonyl (C=O) groups is 4. The molecule has 160 valence electrons. The van der Waals surface area contributed by atoms with Gasteiger partial charge in [0, 0.05) is 5.56 Å². The Kier molecular flexibility index (Phi) is 5.81. The summed E-state index contributed by atoms with van der Waals surface area (Å²) in [6.45, 7) is -0.118. The van der Waals surface area contributed by atoms with Crippen LogP contribution in [0.25, 0.3) is 0 Å². The number of barbiturate groups is 1. The van der Waals surface area contributed by atoms with Crippen LogP contribution in [0.5, 0.6) is 5.75 Å². The van der Waals surface area contributed by atoms with Crippen molar-refractivity contribution in [3.63, 3.8) is 0 Å². The number of aromatic hydroxyl groups is 1. The van der Waals surface area contributed by atoms with Gasteiger partial charge < -0.3 is 5.11 Å². The predicted molar refractivity (Wildman–Crippen MR) is 115 cm³/mol. The molecule has 1 fully saturated rings. The zero-order valence-corrected chi connectivity index (χ0v) is 17.0. The van der Waals surface area contributed by atoms with E-state index in [1.54, 1.807) is 48.5 Å². The molecule has 1 N–H and O–H groups in total. The number of urea groups is 1. The van der Waals surface area contributed by atoms with Gasteiger partial charge in [0.25, 0.3) is 11.8 Å². The zero-order valence-electron chi connectivity index (χ0n) is 17.0. The lowest BCUT2D eigenvalue weighted by Gasteiger charge is -2.36. The van der Waals surface area contributed by atoms with Gasteiger partial charge in [0.2, 0.25) is 0 Å². The SMILES string of the molecule is O=C(c1ccc(O)cc1)C1C(=O)N(Cc2ccccc2)C(=O)N(Cc2ccccc2)C1=O. The highest BCUT2D eigenvalue weighted by atomic mass is 16.3. The Morgan fingerprint density at radius 2 is 1.12 bits per heavy atom. The number of ketones is 1. The largest absolute Gasteiger partial charge is 0.508 e. The normalized spacial score (nSPS) is 14.7. The molecule has 0 bridgehead atoms. The maximum absolute atomic E-state index is 13.2. The van der Waals surface area contributed by atoms with Crippen LogP contribution in [0.15, 0.2) is 84.9 Å². The van der Waals surface area contributed by atoms with Crippen molar-refractivity contribution in [2.24, 2.45) is 5.92 Å². The molecule has 3 aromatic rings. The summed E-state index contributed by atoms with van der Waals surface area (Å²) in [4.78, 5) is 54.6. The highest BCUT2D eigenvalue weighted by molar-refractivity contribution is 6.29. The molecule has 7 heteroatoms. The van der Waals surface area contributed by atoms with Crippen LogP contribution in [0, 0.1) is 5.92 Å². The third-order valence-electron chi connectivity index (χ3n) is 5.27. The molecule has 0 unspecified atom stereocenters. The molecule has 4 amide bonds. The number of benzene rings is 3. The molecule has 1 aliphatic rings. The second-order valence-electron chi connectivity index (χ2n) is 7.45. The summed E-state index contributed by atoms with van der Waals surface area (Å²) >= 11 is 0. The van der Waals surface area contributed by atoms with Crippen molar-refractivity contribution < 1.29 is 24.3 Å². The Hall–Kier alpha value is -4.26. The van der Waals surface area contributed by atoms with Gasteiger partial charge in [-0.1, -0.05) is 60.7 Å². The van der Waals surface area contributed by atoms with Gasteiger partial charge in [-0.2, -0.15) is 0 Å². The Balaban J connectivity index is 1.71. The fourth-order valence-electron chi connectivity index (χ4n) is 3.59. The number of nitrogens with zero attached hydrogens (tertiary/aromatic N) is 2. The van der Waals surface area contributed by atoms with Crippen molar-refractivity contribution in [2.45, 2.75) is 13.1 Å². The van der Waals surface area contributed by atoms with Crippen LogP contribution in [0.3, 0.4) is 0 Å². The molecule has 32 heavy (non-hydrogen) atoms. The summed E-state index contributed by atoms with van der Waals surface area (Å²) in [5.41, 5.74) is 1.49. The van der Waals surface area contributed by atoms with E-state index in [1.807, 2.05) is 12.1 Å². The fourth-order valence-corrected chi connectivity index (χ4v) is 3.59. The average molecular weight is 428 g/mol. The van der Waals surface area contributed by atoms with Crippen molar-refractivity contribution in [1.29, 1.82) is 0 Å². The number of amides is 4. The lowest BCUT2D eigenvalue weighted by molar-refractivity contribution is -0.147. The molecule has 7 nitrogen and oxygen atoms in total. The highest BCUT2D eigenvalue weighted by Crippen LogP contribution is 2.26. The fraction of sp³-hybridized carbons (Fsp3) is 0.120. The van der Waals surface area contributed by atoms with E-state index in [9.17, 15) is 24.3 Å². The van der Waals surface area contributed by atoms with Crippen molar-refractivity contribution in [1.82, 2.24) is 9.80 Å². The summed E-state index contributed by atoms with van der Waals surface area (Å²) in [7, 11) is 0. The number of phenolic OH excluding ortho intramolecular Hbond substituents is 1. The first-order valence-corrected chi connectivity index (χ1v) is 10.0. The molecule has 1 aliphatic heterocycles. The van der Waals surface area contributed by atoms with Crippen LogP contribution in [0.1, 0.15) is 21.5 Å². The molecule has 0 radical (unpaired) electrons. The molecule has 0 atom stereocenters. The van der Waals surface area contributed by atoms with Gasteiger partial charge in [-0.05, 0) is 35.4 Å². The number of Topliss-reactive ketones (excluding diaryl/α,β-unsaturated/α-hetero) is 1. The van der Waals surface area contributed by atoms with Crippen LogP contribution >= 0.6 is 0 Å². The van der Waals surface area contributed by atoms with Gasteiger partial charge in [0.15, 0.2) is 11.7 Å². The molecular weight excluding hydrogens is 408 g/mol. The molecule has 0 saturated carbocycles. The standard InChI is InChI=1S/C25H20N2O5/c28-20-13-11-19(12-14-20)22(29)21-23(30)26(15-17-7-3-1-4-8-17)25(32)27(24(21)31)16-18-9-5-2-6-10-18/h1-14,21,28H,15-16H2. The summed E-state index contributed by atoms with van der Waals surface area (Å²) in [6.07, 6.45) is 0. The average Bonchev–Trinajstić information content (AvgIpc) is 2.81. The number of hydrogen-bond donors (Lipinski definition) is 1. The quantitative estimate of drug-likeness (QED) is 0.480. The van der Waals surface area contributed by atoms with Crippen molar-refractivity contribution >= 4 is 23.6 Å². The van der Waals surface area contributed by atoms with Crippen LogP contribution in [0.2, 0.25) is 0 Å². The molecule has 0 aliphatic carbocycles. The maximum atomic E-state index is 13.2. The van der Waals surface area contributed by atoms with Crippen LogP contribution in [0.4, 0.5) is 4.79 Å². The second-order valence-corrected chi connectivity index (χ2v) is 7.45. The van der Waals surface area contributed by atoms with E-state index < -0.39 is 29.5 Å². The van der Waals surface area contributed by atoms with E-state index in [2.05, 4.69) is 0 Å². The molecule has 0 aromatic heterocycles. The highest BCUT2D eigenvalue weighted by Gasteiger charge is 2.49. The van der Waals surface area contributed by atoms with Crippen LogP contribution < -0.4 is 0 Å². The Labute approximate surface area is 184 Å². The number of carbonyl (C=O) groups excluding carboxylic acids is 4. The van der Waals surface area contributed by atoms with Gasteiger partial charge >= 0.3 is 6.03 Å². The van der Waals surface area contributed by atoms with E-state index in [4.69, 9.17) is 0 Å². The van der Waals surface area contributed by atoms with Crippen LogP contribution in [-0.4, -0.2) is 38.5 Å². The number of phenols is 1. The monoisotopic (exact) mass is 428 g/mol. The lowest BCUT2D eigenvalue weighted by atomic mass is 9.92. The third-order valence-corrected chi connectivity index (χ3v) is 5.27. The van der Waals surface area contributed by atoms with E-state index in [0.29, 0.717) is 11.1 Å². The summed E-state index contributed by atoms with van der Waals surface area (Å²) in [5, 5.41) is 9.49. The minimum Gasteiger partial charge on any atom is -0.508 e. The Morgan fingerprint density at radius 3 is 1.56 bits per heavy atom. The smallest absolute Gasteiger partial charge is 0.334 e. The number of imide groups is 2. The summed E-state index contributed by atoms with van der Waals surface area (Å²) in [5.74, 6) is -4.15. The van der Waals surface area contributed by atoms with Gasteiger partial charge in [-0.25, -0.2) is 4.79 Å². The first kappa shape index (κ1) is 21.0. The maximum Gasteiger partial charge on any atom is 0.334 e. The Bertz CT molecular complexity index is 1100. The number of hydrogen-bond acceptors (Lipinski definition) is 5. The predicted octanol–water partition coefficient (Wildman–Crippen LogP) is 3.38. The first-order valence-electron chi connectivity index (χ1n) is 10.0. The van der Waals surface area contributed by atoms with Gasteiger partial charge in [0.1, 0.15) is 5.75 Å². The van der Waals surface area contributed by atoms with Crippen molar-refractivity contribution in [3.8, 4) is 5.75 Å². The first-order chi connectivity index (χ1) is 15.5. The minimum atomic E-state index is -1.68. The molecule has 4 rings (SSSR count). The molecule has 1 saturated heterocycles. The summed E-state index contributed by atoms with van der Waals surface area (Å²) < 4.78 is 0. The van der Waals surface area contributed by atoms with Gasteiger partial charge in [-0.3, -0.25) is 24.2 Å². The van der Waals surface area contributed by atoms with Gasteiger partial charge in [0.05, 0.1) is 13.1 Å². The Morgan fingerprint density at radius 1 is 0.688 bits per heavy atom. The molecule has 0 spiro atoms. The van der Waals surface area contributed by atoms with E-state index in [0.717, 1.165) is 9.80 Å². The van der Waals surface area contributed by atoms with E-state index in [1.165, 1.54) is 24.3 Å². The second kappa shape index (κ2) is 8.85. The number of rotatable bonds is 6. The van der Waals surface area contributed by atoms with E-state index in [-0.39, 0.29) is 24.4 Å². The zero-order chi connectivity index (χ0) is 22.7. The topological polar surface area (TPSA) is 95.0 Å². The lowest BCUT2D eigenvalue weighted by Crippen LogP contribution is -2.60. The minimum absolute atomic E-state index is 0.0468. The van der Waals surface area contributed by atoms with Crippen molar-refractivity contribution in [2.75, 3.05) is 0 Å². The van der Waals surface area contributed by atoms with E-state index >= 15 is 0 Å². The van der Waals surface area contributed by atoms with Crippen molar-refractivity contribution in [3.05, 3.63) is 102 Å². The molecule has 1 heterocycles.